The maximum Gasteiger partial charge on any atom is 0.338 e. The van der Waals surface area contributed by atoms with Crippen LogP contribution in [0.5, 0.6) is 5.75 Å². The summed E-state index contributed by atoms with van der Waals surface area (Å²) in [6.45, 7) is 6.33. The molecule has 1 fully saturated rings. The molecule has 2 aromatic rings. The number of hydrogen-bond acceptors (Lipinski definition) is 7. The first-order valence-electron chi connectivity index (χ1n) is 11.3. The molecular weight excluding hydrogens is 450 g/mol. The van der Waals surface area contributed by atoms with Crippen molar-refractivity contribution in [3.8, 4) is 5.75 Å². The summed E-state index contributed by atoms with van der Waals surface area (Å²) in [4.78, 5) is 32.9. The molecular formula is C26H29N3O4S. The summed E-state index contributed by atoms with van der Waals surface area (Å²) in [5, 5.41) is 3.89. The SMILES string of the molecule is COc1cccc(C(=O)Nc2cccc([C@H]3C(C(=O)OC(C)C)=C(C)N=C4SCCCN43)c2)c1. The number of esters is 1. The molecule has 0 unspecified atom stereocenters. The third kappa shape index (κ3) is 5.12. The van der Waals surface area contributed by atoms with Gasteiger partial charge in [-0.1, -0.05) is 30.0 Å². The molecule has 8 heteroatoms. The lowest BCUT2D eigenvalue weighted by Crippen LogP contribution is -2.42. The summed E-state index contributed by atoms with van der Waals surface area (Å²) in [5.74, 6) is 1.02. The molecule has 1 saturated heterocycles. The van der Waals surface area contributed by atoms with Gasteiger partial charge in [-0.3, -0.25) is 4.79 Å². The third-order valence-corrected chi connectivity index (χ3v) is 6.69. The average molecular weight is 480 g/mol. The van der Waals surface area contributed by atoms with E-state index in [4.69, 9.17) is 14.5 Å². The normalized spacial score (nSPS) is 17.7. The Hall–Kier alpha value is -3.26. The van der Waals surface area contributed by atoms with Crippen LogP contribution in [0.25, 0.3) is 0 Å². The fraction of sp³-hybridized carbons (Fsp3) is 0.346. The number of nitrogens with zero attached hydrogens (tertiary/aromatic N) is 2. The number of aliphatic imine (C=N–C) groups is 1. The number of thioether (sulfide) groups is 1. The first kappa shape index (κ1) is 23.9. The Morgan fingerprint density at radius 2 is 1.97 bits per heavy atom. The van der Waals surface area contributed by atoms with Crippen LogP contribution in [0.15, 0.2) is 64.8 Å². The van der Waals surface area contributed by atoms with Gasteiger partial charge in [0.15, 0.2) is 5.17 Å². The predicted octanol–water partition coefficient (Wildman–Crippen LogP) is 5.02. The van der Waals surface area contributed by atoms with Gasteiger partial charge in [-0.15, -0.1) is 0 Å². The van der Waals surface area contributed by atoms with Gasteiger partial charge in [-0.2, -0.15) is 0 Å². The van der Waals surface area contributed by atoms with Crippen LogP contribution >= 0.6 is 11.8 Å². The Bertz CT molecular complexity index is 1160. The van der Waals surface area contributed by atoms with Gasteiger partial charge >= 0.3 is 5.97 Å². The van der Waals surface area contributed by atoms with E-state index in [1.807, 2.05) is 45.0 Å². The molecule has 0 radical (unpaired) electrons. The zero-order chi connectivity index (χ0) is 24.2. The highest BCUT2D eigenvalue weighted by atomic mass is 32.2. The number of benzene rings is 2. The summed E-state index contributed by atoms with van der Waals surface area (Å²) in [7, 11) is 1.57. The van der Waals surface area contributed by atoms with Gasteiger partial charge in [0.2, 0.25) is 0 Å². The molecule has 0 spiro atoms. The van der Waals surface area contributed by atoms with Gasteiger partial charge in [-0.25, -0.2) is 9.79 Å². The highest BCUT2D eigenvalue weighted by Gasteiger charge is 2.38. The Morgan fingerprint density at radius 1 is 1.18 bits per heavy atom. The second kappa shape index (κ2) is 10.3. The van der Waals surface area contributed by atoms with Crippen molar-refractivity contribution < 1.29 is 19.1 Å². The van der Waals surface area contributed by atoms with Crippen LogP contribution in [0.1, 0.15) is 49.2 Å². The van der Waals surface area contributed by atoms with E-state index in [0.29, 0.717) is 28.3 Å². The number of ether oxygens (including phenoxy) is 2. The van der Waals surface area contributed by atoms with E-state index in [1.165, 1.54) is 0 Å². The van der Waals surface area contributed by atoms with Crippen molar-refractivity contribution in [1.82, 2.24) is 4.90 Å². The first-order chi connectivity index (χ1) is 16.4. The number of fused-ring (bicyclic) bond motifs is 1. The zero-order valence-corrected chi connectivity index (χ0v) is 20.6. The van der Waals surface area contributed by atoms with Crippen molar-refractivity contribution in [2.45, 2.75) is 39.3 Å². The maximum absolute atomic E-state index is 13.1. The molecule has 7 nitrogen and oxygen atoms in total. The van der Waals surface area contributed by atoms with E-state index in [-0.39, 0.29) is 24.0 Å². The highest BCUT2D eigenvalue weighted by Crippen LogP contribution is 2.40. The molecule has 0 bridgehead atoms. The van der Waals surface area contributed by atoms with Crippen molar-refractivity contribution in [2.75, 3.05) is 24.7 Å². The van der Waals surface area contributed by atoms with Crippen molar-refractivity contribution in [3.05, 3.63) is 70.9 Å². The van der Waals surface area contributed by atoms with Gasteiger partial charge in [0, 0.05) is 23.5 Å². The number of anilines is 1. The molecule has 0 aromatic heterocycles. The molecule has 178 valence electrons. The van der Waals surface area contributed by atoms with Crippen LogP contribution in [0.3, 0.4) is 0 Å². The minimum Gasteiger partial charge on any atom is -0.497 e. The molecule has 34 heavy (non-hydrogen) atoms. The molecule has 2 aliphatic rings. The van der Waals surface area contributed by atoms with Crippen LogP contribution in [0, 0.1) is 0 Å². The number of carbonyl (C=O) groups is 2. The first-order valence-corrected chi connectivity index (χ1v) is 12.3. The lowest BCUT2D eigenvalue weighted by atomic mass is 9.94. The average Bonchev–Trinajstić information content (AvgIpc) is 2.82. The minimum absolute atomic E-state index is 0.233. The van der Waals surface area contributed by atoms with E-state index in [9.17, 15) is 9.59 Å². The van der Waals surface area contributed by atoms with Crippen LogP contribution in [0.2, 0.25) is 0 Å². The van der Waals surface area contributed by atoms with Crippen LogP contribution in [0.4, 0.5) is 5.69 Å². The smallest absolute Gasteiger partial charge is 0.338 e. The molecule has 1 amide bonds. The number of rotatable bonds is 6. The third-order valence-electron chi connectivity index (χ3n) is 5.61. The number of amidine groups is 1. The fourth-order valence-corrected chi connectivity index (χ4v) is 5.13. The summed E-state index contributed by atoms with van der Waals surface area (Å²) < 4.78 is 10.8. The highest BCUT2D eigenvalue weighted by molar-refractivity contribution is 8.13. The van der Waals surface area contributed by atoms with Crippen LogP contribution < -0.4 is 10.1 Å². The Morgan fingerprint density at radius 3 is 2.74 bits per heavy atom. The zero-order valence-electron chi connectivity index (χ0n) is 19.8. The van der Waals surface area contributed by atoms with E-state index in [1.54, 1.807) is 43.1 Å². The second-order valence-corrected chi connectivity index (χ2v) is 9.52. The van der Waals surface area contributed by atoms with Gasteiger partial charge in [-0.05, 0) is 63.1 Å². The topological polar surface area (TPSA) is 80.2 Å². The van der Waals surface area contributed by atoms with E-state index in [0.717, 1.165) is 29.4 Å². The Labute approximate surface area is 204 Å². The summed E-state index contributed by atoms with van der Waals surface area (Å²) in [5.41, 5.74) is 3.25. The number of amides is 1. The predicted molar refractivity (Wildman–Crippen MR) is 135 cm³/mol. The maximum atomic E-state index is 13.1. The van der Waals surface area contributed by atoms with E-state index < -0.39 is 0 Å². The van der Waals surface area contributed by atoms with Crippen molar-refractivity contribution in [2.24, 2.45) is 4.99 Å². The second-order valence-electron chi connectivity index (χ2n) is 8.46. The molecule has 1 atom stereocenters. The number of carbonyl (C=O) groups excluding carboxylic acids is 2. The molecule has 0 aliphatic carbocycles. The van der Waals surface area contributed by atoms with Gasteiger partial charge in [0.1, 0.15) is 5.75 Å². The fourth-order valence-electron chi connectivity index (χ4n) is 4.11. The molecule has 2 heterocycles. The largest absolute Gasteiger partial charge is 0.497 e. The van der Waals surface area contributed by atoms with Crippen LogP contribution in [-0.2, 0) is 9.53 Å². The summed E-state index contributed by atoms with van der Waals surface area (Å²) in [6, 6.07) is 14.3. The number of methoxy groups -OCH3 is 1. The van der Waals surface area contributed by atoms with Crippen LogP contribution in [-0.4, -0.2) is 47.5 Å². The molecule has 1 N–H and O–H groups in total. The summed E-state index contributed by atoms with van der Waals surface area (Å²) in [6.07, 6.45) is 0.765. The molecule has 2 aromatic carbocycles. The standard InChI is InChI=1S/C26H29N3O4S/c1-16(2)33-25(31)22-17(3)27-26-29(12-7-13-34-26)23(22)18-8-5-10-20(14-18)28-24(30)19-9-6-11-21(15-19)32-4/h5-6,8-11,14-16,23H,7,12-13H2,1-4H3,(H,28,30)/t23-/m0/s1. The quantitative estimate of drug-likeness (QED) is 0.586. The summed E-state index contributed by atoms with van der Waals surface area (Å²) >= 11 is 1.70. The van der Waals surface area contributed by atoms with Crippen molar-refractivity contribution >= 4 is 34.5 Å². The Kier molecular flexibility index (Phi) is 7.26. The molecule has 2 aliphatic heterocycles. The van der Waals surface area contributed by atoms with Gasteiger partial charge in [0.05, 0.1) is 30.5 Å². The van der Waals surface area contributed by atoms with E-state index in [2.05, 4.69) is 10.2 Å². The van der Waals surface area contributed by atoms with Crippen molar-refractivity contribution in [3.63, 3.8) is 0 Å². The Balaban J connectivity index is 1.67. The lowest BCUT2D eigenvalue weighted by Gasteiger charge is -2.40. The van der Waals surface area contributed by atoms with Crippen molar-refractivity contribution in [1.29, 1.82) is 0 Å². The lowest BCUT2D eigenvalue weighted by molar-refractivity contribution is -0.143. The van der Waals surface area contributed by atoms with Gasteiger partial charge < -0.3 is 19.7 Å². The monoisotopic (exact) mass is 479 g/mol. The van der Waals surface area contributed by atoms with Gasteiger partial charge in [0.25, 0.3) is 5.91 Å². The van der Waals surface area contributed by atoms with E-state index >= 15 is 0 Å². The molecule has 0 saturated carbocycles. The number of hydrogen-bond donors (Lipinski definition) is 1. The minimum atomic E-state index is -0.360. The molecule has 4 rings (SSSR count). The number of allylic oxidation sites excluding steroid dienone is 1. The number of nitrogens with one attached hydrogen (secondary N) is 1.